The lowest BCUT2D eigenvalue weighted by Gasteiger charge is -2.16. The second-order valence-electron chi connectivity index (χ2n) is 7.21. The molecule has 1 atom stereocenters. The highest BCUT2D eigenvalue weighted by Crippen LogP contribution is 2.16. The van der Waals surface area contributed by atoms with Gasteiger partial charge in [0.05, 0.1) is 6.04 Å². The Kier molecular flexibility index (Phi) is 7.26. The first kappa shape index (κ1) is 22.3. The Labute approximate surface area is 185 Å². The molecule has 0 saturated carbocycles. The van der Waals surface area contributed by atoms with E-state index in [1.807, 2.05) is 49.4 Å². The van der Waals surface area contributed by atoms with Crippen LogP contribution in [0.25, 0.3) is 0 Å². The second kappa shape index (κ2) is 10.1. The zero-order chi connectivity index (χ0) is 22.4. The minimum absolute atomic E-state index is 0.0673. The molecule has 0 aliphatic rings. The van der Waals surface area contributed by atoms with Crippen LogP contribution in [-0.2, 0) is 13.0 Å². The zero-order valence-corrected chi connectivity index (χ0v) is 18.1. The quantitative estimate of drug-likeness (QED) is 0.592. The second-order valence-corrected chi connectivity index (χ2v) is 7.65. The van der Waals surface area contributed by atoms with Crippen LogP contribution in [0.5, 0.6) is 0 Å². The van der Waals surface area contributed by atoms with Crippen LogP contribution in [0.4, 0.5) is 0 Å². The van der Waals surface area contributed by atoms with Crippen LogP contribution < -0.4 is 16.1 Å². The monoisotopic (exact) mass is 437 g/mol. The van der Waals surface area contributed by atoms with Crippen molar-refractivity contribution in [2.45, 2.75) is 25.9 Å². The largest absolute Gasteiger partial charge is 0.355 e. The summed E-state index contributed by atoms with van der Waals surface area (Å²) in [5.41, 5.74) is 1.23. The number of pyridine rings is 1. The van der Waals surface area contributed by atoms with E-state index in [4.69, 9.17) is 11.6 Å². The van der Waals surface area contributed by atoms with E-state index in [0.29, 0.717) is 18.0 Å². The van der Waals surface area contributed by atoms with Gasteiger partial charge in [0.2, 0.25) is 5.43 Å². The van der Waals surface area contributed by atoms with Crippen LogP contribution in [0.15, 0.2) is 71.8 Å². The van der Waals surface area contributed by atoms with Gasteiger partial charge >= 0.3 is 0 Å². The SMILES string of the molecule is CNC(=O)c1cn(CCc2ccccc2)cc(C(=O)NC(C)c2ccc(Cl)cc2)c1=O. The van der Waals surface area contributed by atoms with Gasteiger partial charge in [-0.05, 0) is 36.6 Å². The maximum atomic E-state index is 12.9. The van der Waals surface area contributed by atoms with Crippen molar-refractivity contribution in [2.24, 2.45) is 0 Å². The number of halogens is 1. The first-order valence-corrected chi connectivity index (χ1v) is 10.3. The minimum Gasteiger partial charge on any atom is -0.355 e. The molecule has 1 heterocycles. The highest BCUT2D eigenvalue weighted by Gasteiger charge is 2.20. The van der Waals surface area contributed by atoms with Crippen molar-refractivity contribution in [2.75, 3.05) is 7.05 Å². The fraction of sp³-hybridized carbons (Fsp3) is 0.208. The van der Waals surface area contributed by atoms with Crippen LogP contribution >= 0.6 is 11.6 Å². The van der Waals surface area contributed by atoms with E-state index in [2.05, 4.69) is 10.6 Å². The fourth-order valence-electron chi connectivity index (χ4n) is 3.23. The van der Waals surface area contributed by atoms with Crippen LogP contribution in [0.2, 0.25) is 5.02 Å². The zero-order valence-electron chi connectivity index (χ0n) is 17.4. The summed E-state index contributed by atoms with van der Waals surface area (Å²) in [4.78, 5) is 38.0. The van der Waals surface area contributed by atoms with Crippen molar-refractivity contribution < 1.29 is 9.59 Å². The number of aromatic nitrogens is 1. The molecule has 0 saturated heterocycles. The molecule has 31 heavy (non-hydrogen) atoms. The molecule has 1 aromatic heterocycles. The molecule has 0 fully saturated rings. The maximum absolute atomic E-state index is 12.9. The number of rotatable bonds is 7. The van der Waals surface area contributed by atoms with Crippen LogP contribution in [-0.4, -0.2) is 23.4 Å². The topological polar surface area (TPSA) is 80.2 Å². The van der Waals surface area contributed by atoms with Gasteiger partial charge < -0.3 is 15.2 Å². The van der Waals surface area contributed by atoms with Gasteiger partial charge in [-0.2, -0.15) is 0 Å². The number of nitrogens with zero attached hydrogens (tertiary/aromatic N) is 1. The molecule has 160 valence electrons. The molecule has 2 amide bonds. The summed E-state index contributed by atoms with van der Waals surface area (Å²) in [7, 11) is 1.45. The molecule has 0 radical (unpaired) electrons. The summed E-state index contributed by atoms with van der Waals surface area (Å²) in [6.45, 7) is 2.33. The summed E-state index contributed by atoms with van der Waals surface area (Å²) >= 11 is 5.92. The third-order valence-electron chi connectivity index (χ3n) is 5.01. The molecule has 0 aliphatic carbocycles. The molecule has 1 unspecified atom stereocenters. The van der Waals surface area contributed by atoms with Gasteiger partial charge in [-0.1, -0.05) is 54.1 Å². The van der Waals surface area contributed by atoms with E-state index in [0.717, 1.165) is 11.1 Å². The van der Waals surface area contributed by atoms with Crippen molar-refractivity contribution in [1.82, 2.24) is 15.2 Å². The normalized spacial score (nSPS) is 11.6. The van der Waals surface area contributed by atoms with E-state index in [1.165, 1.54) is 19.4 Å². The molecule has 0 spiro atoms. The highest BCUT2D eigenvalue weighted by molar-refractivity contribution is 6.30. The standard InChI is InChI=1S/C24H24ClN3O3/c1-16(18-8-10-19(25)11-9-18)27-24(31)21-15-28(13-12-17-6-4-3-5-7-17)14-20(22(21)29)23(30)26-2/h3-11,14-16H,12-13H2,1-2H3,(H,26,30)(H,27,31). The number of benzene rings is 2. The van der Waals surface area contributed by atoms with Crippen LogP contribution in [0.3, 0.4) is 0 Å². The molecule has 6 nitrogen and oxygen atoms in total. The van der Waals surface area contributed by atoms with E-state index in [1.54, 1.807) is 16.7 Å². The Bertz CT molecular complexity index is 1130. The van der Waals surface area contributed by atoms with Gasteiger partial charge in [0.15, 0.2) is 0 Å². The number of carbonyl (C=O) groups is 2. The van der Waals surface area contributed by atoms with Crippen molar-refractivity contribution in [3.05, 3.63) is 104 Å². The van der Waals surface area contributed by atoms with Gasteiger partial charge in [0.25, 0.3) is 11.8 Å². The Hall–Kier alpha value is -3.38. The number of carbonyl (C=O) groups excluding carboxylic acids is 2. The molecule has 0 bridgehead atoms. The summed E-state index contributed by atoms with van der Waals surface area (Å²) in [5, 5.41) is 5.89. The van der Waals surface area contributed by atoms with Crippen molar-refractivity contribution in [3.8, 4) is 0 Å². The van der Waals surface area contributed by atoms with Crippen LogP contribution in [0.1, 0.15) is 44.8 Å². The van der Waals surface area contributed by atoms with E-state index in [9.17, 15) is 14.4 Å². The smallest absolute Gasteiger partial charge is 0.257 e. The molecular weight excluding hydrogens is 414 g/mol. The van der Waals surface area contributed by atoms with Crippen molar-refractivity contribution >= 4 is 23.4 Å². The molecule has 2 N–H and O–H groups in total. The maximum Gasteiger partial charge on any atom is 0.257 e. The summed E-state index contributed by atoms with van der Waals surface area (Å²) in [6.07, 6.45) is 3.68. The number of amides is 2. The molecule has 3 aromatic rings. The summed E-state index contributed by atoms with van der Waals surface area (Å²) in [6, 6.07) is 16.6. The number of nitrogens with one attached hydrogen (secondary N) is 2. The van der Waals surface area contributed by atoms with Gasteiger partial charge in [-0.25, -0.2) is 0 Å². The number of hydrogen-bond acceptors (Lipinski definition) is 3. The van der Waals surface area contributed by atoms with Crippen molar-refractivity contribution in [3.63, 3.8) is 0 Å². The van der Waals surface area contributed by atoms with E-state index in [-0.39, 0.29) is 17.2 Å². The average molecular weight is 438 g/mol. The first-order chi connectivity index (χ1) is 14.9. The molecule has 0 aliphatic heterocycles. The predicted molar refractivity (Wildman–Crippen MR) is 122 cm³/mol. The Morgan fingerprint density at radius 1 is 0.968 bits per heavy atom. The number of aryl methyl sites for hydroxylation is 2. The summed E-state index contributed by atoms with van der Waals surface area (Å²) in [5.74, 6) is -1.06. The van der Waals surface area contributed by atoms with Gasteiger partial charge in [0, 0.05) is 31.0 Å². The lowest BCUT2D eigenvalue weighted by molar-refractivity contribution is 0.0938. The Morgan fingerprint density at radius 2 is 1.58 bits per heavy atom. The molecule has 2 aromatic carbocycles. The summed E-state index contributed by atoms with van der Waals surface area (Å²) < 4.78 is 1.71. The molecule has 7 heteroatoms. The molecule has 3 rings (SSSR count). The minimum atomic E-state index is -0.601. The Morgan fingerprint density at radius 3 is 2.19 bits per heavy atom. The van der Waals surface area contributed by atoms with E-state index >= 15 is 0 Å². The van der Waals surface area contributed by atoms with Gasteiger partial charge in [-0.3, -0.25) is 14.4 Å². The fourth-order valence-corrected chi connectivity index (χ4v) is 3.36. The Balaban J connectivity index is 1.87. The average Bonchev–Trinajstić information content (AvgIpc) is 2.78. The number of hydrogen-bond donors (Lipinski definition) is 2. The van der Waals surface area contributed by atoms with Crippen LogP contribution in [0, 0.1) is 0 Å². The molecular formula is C24H24ClN3O3. The first-order valence-electron chi connectivity index (χ1n) is 9.95. The highest BCUT2D eigenvalue weighted by atomic mass is 35.5. The third-order valence-corrected chi connectivity index (χ3v) is 5.27. The third kappa shape index (κ3) is 5.61. The lowest BCUT2D eigenvalue weighted by Crippen LogP contribution is -2.35. The van der Waals surface area contributed by atoms with E-state index < -0.39 is 17.2 Å². The predicted octanol–water partition coefficient (Wildman–Crippen LogP) is 3.60. The van der Waals surface area contributed by atoms with Gasteiger partial charge in [-0.15, -0.1) is 0 Å². The lowest BCUT2D eigenvalue weighted by atomic mass is 10.1. The van der Waals surface area contributed by atoms with Crippen molar-refractivity contribution in [1.29, 1.82) is 0 Å². The van der Waals surface area contributed by atoms with Gasteiger partial charge in [0.1, 0.15) is 11.1 Å².